The van der Waals surface area contributed by atoms with Gasteiger partial charge in [0.15, 0.2) is 0 Å². The molecule has 0 bridgehead atoms. The van der Waals surface area contributed by atoms with E-state index in [0.29, 0.717) is 23.5 Å². The zero-order valence-electron chi connectivity index (χ0n) is 14.9. The van der Waals surface area contributed by atoms with Crippen LogP contribution in [0.4, 0.5) is 0 Å². The molecule has 4 rings (SSSR count). The lowest BCUT2D eigenvalue weighted by Crippen LogP contribution is -2.42. The zero-order valence-corrected chi connectivity index (χ0v) is 14.9. The van der Waals surface area contributed by atoms with Crippen molar-refractivity contribution in [1.29, 1.82) is 0 Å². The van der Waals surface area contributed by atoms with Crippen molar-refractivity contribution in [2.45, 2.75) is 65.2 Å². The number of carbonyl (C=O) groups excluding carboxylic acids is 2. The number of hydrogen-bond acceptors (Lipinski definition) is 3. The summed E-state index contributed by atoms with van der Waals surface area (Å²) in [7, 11) is 0. The fourth-order valence-electron chi connectivity index (χ4n) is 5.86. The maximum atomic E-state index is 12.4. The van der Waals surface area contributed by atoms with Gasteiger partial charge >= 0.3 is 5.97 Å². The Kier molecular flexibility index (Phi) is 3.59. The number of aryl methyl sites for hydroxylation is 1. The molecule has 0 spiro atoms. The first-order chi connectivity index (χ1) is 11.4. The topological polar surface area (TPSA) is 43.4 Å². The summed E-state index contributed by atoms with van der Waals surface area (Å²) >= 11 is 0. The van der Waals surface area contributed by atoms with Gasteiger partial charge < -0.3 is 4.74 Å². The van der Waals surface area contributed by atoms with Crippen LogP contribution >= 0.6 is 0 Å². The van der Waals surface area contributed by atoms with E-state index in [1.54, 1.807) is 0 Å². The summed E-state index contributed by atoms with van der Waals surface area (Å²) in [6, 6.07) is 4.04. The first-order valence-electron chi connectivity index (χ1n) is 9.26. The molecule has 0 unspecified atom stereocenters. The predicted molar refractivity (Wildman–Crippen MR) is 92.1 cm³/mol. The molecular weight excluding hydrogens is 300 g/mol. The number of hydrogen-bond donors (Lipinski definition) is 0. The van der Waals surface area contributed by atoms with Gasteiger partial charge in [-0.3, -0.25) is 9.59 Å². The van der Waals surface area contributed by atoms with E-state index < -0.39 is 0 Å². The van der Waals surface area contributed by atoms with Gasteiger partial charge in [-0.1, -0.05) is 13.0 Å². The van der Waals surface area contributed by atoms with Crippen LogP contribution in [0.3, 0.4) is 0 Å². The second kappa shape index (κ2) is 5.44. The standard InChI is InChI=1S/C21H26O3/c1-12-4-8-18(24-13(2)22)20-14(12)5-6-15-16(20)10-11-21(3)17(15)7-9-19(21)23/h4,8,15-17H,5-7,9-11H2,1-3H3/t15-,16+,17-,21+/m1/s1. The summed E-state index contributed by atoms with van der Waals surface area (Å²) in [5, 5.41) is 0. The van der Waals surface area contributed by atoms with Crippen LogP contribution < -0.4 is 4.74 Å². The molecule has 3 nitrogen and oxygen atoms in total. The second-order valence-corrected chi connectivity index (χ2v) is 8.20. The Hall–Kier alpha value is -1.64. The third-order valence-corrected chi connectivity index (χ3v) is 7.05. The number of benzene rings is 1. The molecule has 128 valence electrons. The molecule has 0 heterocycles. The molecular formula is C21H26O3. The summed E-state index contributed by atoms with van der Waals surface area (Å²) in [6.07, 6.45) is 6.01. The first-order valence-corrected chi connectivity index (χ1v) is 9.26. The van der Waals surface area contributed by atoms with Crippen molar-refractivity contribution < 1.29 is 14.3 Å². The second-order valence-electron chi connectivity index (χ2n) is 8.20. The molecule has 0 N–H and O–H groups in total. The highest BCUT2D eigenvalue weighted by Gasteiger charge is 2.55. The summed E-state index contributed by atoms with van der Waals surface area (Å²) in [6.45, 7) is 5.82. The fraction of sp³-hybridized carbons (Fsp3) is 0.619. The number of carbonyl (C=O) groups is 2. The molecule has 1 aromatic rings. The number of fused-ring (bicyclic) bond motifs is 5. The van der Waals surface area contributed by atoms with E-state index in [9.17, 15) is 9.59 Å². The summed E-state index contributed by atoms with van der Waals surface area (Å²) in [5.74, 6) is 2.47. The normalized spacial score (nSPS) is 34.3. The molecule has 0 radical (unpaired) electrons. The van der Waals surface area contributed by atoms with Crippen molar-refractivity contribution in [1.82, 2.24) is 0 Å². The minimum atomic E-state index is -0.250. The Labute approximate surface area is 143 Å². The van der Waals surface area contributed by atoms with Crippen molar-refractivity contribution in [2.75, 3.05) is 0 Å². The van der Waals surface area contributed by atoms with Gasteiger partial charge in [0, 0.05) is 24.3 Å². The van der Waals surface area contributed by atoms with Gasteiger partial charge in [-0.15, -0.1) is 0 Å². The van der Waals surface area contributed by atoms with Gasteiger partial charge in [0.25, 0.3) is 0 Å². The van der Waals surface area contributed by atoms with Crippen LogP contribution in [0.5, 0.6) is 5.75 Å². The molecule has 0 saturated heterocycles. The summed E-state index contributed by atoms with van der Waals surface area (Å²) < 4.78 is 5.57. The van der Waals surface area contributed by atoms with Crippen molar-refractivity contribution >= 4 is 11.8 Å². The van der Waals surface area contributed by atoms with Crippen LogP contribution in [0, 0.1) is 24.2 Å². The van der Waals surface area contributed by atoms with E-state index in [2.05, 4.69) is 19.9 Å². The summed E-state index contributed by atoms with van der Waals surface area (Å²) in [5.41, 5.74) is 3.84. The lowest BCUT2D eigenvalue weighted by molar-refractivity contribution is -0.132. The van der Waals surface area contributed by atoms with E-state index >= 15 is 0 Å². The van der Waals surface area contributed by atoms with Gasteiger partial charge in [0.1, 0.15) is 11.5 Å². The number of ketones is 1. The Morgan fingerprint density at radius 2 is 2.00 bits per heavy atom. The molecule has 24 heavy (non-hydrogen) atoms. The Morgan fingerprint density at radius 3 is 2.75 bits per heavy atom. The molecule has 3 heteroatoms. The maximum absolute atomic E-state index is 12.4. The van der Waals surface area contributed by atoms with Gasteiger partial charge in [-0.2, -0.15) is 0 Å². The smallest absolute Gasteiger partial charge is 0.308 e. The highest BCUT2D eigenvalue weighted by atomic mass is 16.5. The lowest BCUT2D eigenvalue weighted by atomic mass is 9.55. The van der Waals surface area contributed by atoms with Crippen LogP contribution in [-0.4, -0.2) is 11.8 Å². The molecule has 3 aliphatic carbocycles. The molecule has 3 aliphatic rings. The van der Waals surface area contributed by atoms with Crippen LogP contribution in [-0.2, 0) is 16.0 Å². The van der Waals surface area contributed by atoms with E-state index in [0.717, 1.165) is 44.3 Å². The van der Waals surface area contributed by atoms with Gasteiger partial charge in [-0.25, -0.2) is 0 Å². The zero-order chi connectivity index (χ0) is 17.1. The molecule has 0 aliphatic heterocycles. The van der Waals surface area contributed by atoms with E-state index in [1.807, 2.05) is 6.07 Å². The van der Waals surface area contributed by atoms with Crippen molar-refractivity contribution in [3.8, 4) is 5.75 Å². The minimum absolute atomic E-state index is 0.107. The third-order valence-electron chi connectivity index (χ3n) is 7.05. The van der Waals surface area contributed by atoms with Crippen LogP contribution in [0.2, 0.25) is 0 Å². The number of ether oxygens (including phenoxy) is 1. The van der Waals surface area contributed by atoms with Crippen LogP contribution in [0.1, 0.15) is 68.6 Å². The molecule has 0 aromatic heterocycles. The molecule has 0 amide bonds. The number of Topliss-reactive ketones (excluding diaryl/α,β-unsaturated/α-hetero) is 1. The highest BCUT2D eigenvalue weighted by molar-refractivity contribution is 5.87. The van der Waals surface area contributed by atoms with Gasteiger partial charge in [-0.05, 0) is 74.0 Å². The van der Waals surface area contributed by atoms with E-state index in [-0.39, 0.29) is 11.4 Å². The average Bonchev–Trinajstić information content (AvgIpc) is 2.85. The van der Waals surface area contributed by atoms with E-state index in [1.165, 1.54) is 23.6 Å². The maximum Gasteiger partial charge on any atom is 0.308 e. The number of esters is 1. The molecule has 2 saturated carbocycles. The van der Waals surface area contributed by atoms with E-state index in [4.69, 9.17) is 4.74 Å². The van der Waals surface area contributed by atoms with Crippen LogP contribution in [0.15, 0.2) is 12.1 Å². The molecule has 1 aromatic carbocycles. The van der Waals surface area contributed by atoms with Crippen molar-refractivity contribution in [2.24, 2.45) is 17.3 Å². The van der Waals surface area contributed by atoms with Gasteiger partial charge in [0.05, 0.1) is 0 Å². The summed E-state index contributed by atoms with van der Waals surface area (Å²) in [4.78, 5) is 24.0. The fourth-order valence-corrected chi connectivity index (χ4v) is 5.86. The first kappa shape index (κ1) is 15.9. The van der Waals surface area contributed by atoms with Gasteiger partial charge in [0.2, 0.25) is 0 Å². The van der Waals surface area contributed by atoms with Crippen molar-refractivity contribution in [3.63, 3.8) is 0 Å². The number of rotatable bonds is 1. The Morgan fingerprint density at radius 1 is 1.21 bits per heavy atom. The Balaban J connectivity index is 1.78. The predicted octanol–water partition coefficient (Wildman–Crippen LogP) is 4.35. The third kappa shape index (κ3) is 2.17. The lowest BCUT2D eigenvalue weighted by Gasteiger charge is -2.48. The minimum Gasteiger partial charge on any atom is -0.426 e. The SMILES string of the molecule is CC(=O)Oc1ccc(C)c2c1[C@H]1CC[C@]3(C)C(=O)CC[C@@H]3[C@@H]1CC2. The molecule has 4 atom stereocenters. The Bertz CT molecular complexity index is 720. The molecule has 2 fully saturated rings. The van der Waals surface area contributed by atoms with Crippen LogP contribution in [0.25, 0.3) is 0 Å². The van der Waals surface area contributed by atoms with Crippen molar-refractivity contribution in [3.05, 3.63) is 28.8 Å². The largest absolute Gasteiger partial charge is 0.426 e. The monoisotopic (exact) mass is 326 g/mol. The average molecular weight is 326 g/mol. The quantitative estimate of drug-likeness (QED) is 0.569. The highest BCUT2D eigenvalue weighted by Crippen LogP contribution is 2.60.